The van der Waals surface area contributed by atoms with Gasteiger partial charge in [0.05, 0.1) is 11.0 Å². The van der Waals surface area contributed by atoms with Gasteiger partial charge in [0.15, 0.2) is 0 Å². The molecule has 0 aliphatic rings. The number of benzene rings is 8. The fourth-order valence-corrected chi connectivity index (χ4v) is 6.26. The molecule has 0 fully saturated rings. The standard InChI is InChI=1S/C46H31NO/c1-2-10-32(11-3-1)33-20-25-38(26-21-33)47(39-27-22-35(23-28-39)42-18-9-13-34-12-4-5-16-41(34)42)40-15-8-14-36(30-40)37-24-29-46-44(31-37)43-17-6-7-19-45(43)48-46/h1-31H/i20D,21D,22D,23D,25D,26D,27D,28D. The van der Waals surface area contributed by atoms with E-state index in [1.165, 1.54) is 4.90 Å². The van der Waals surface area contributed by atoms with Crippen molar-refractivity contribution in [1.29, 1.82) is 0 Å². The maximum absolute atomic E-state index is 9.49. The Morgan fingerprint density at radius 1 is 0.375 bits per heavy atom. The molecule has 2 nitrogen and oxygen atoms in total. The van der Waals surface area contributed by atoms with E-state index in [4.69, 9.17) is 7.16 Å². The van der Waals surface area contributed by atoms with Crippen LogP contribution in [0, 0.1) is 0 Å². The minimum absolute atomic E-state index is 0.115. The van der Waals surface area contributed by atoms with Crippen LogP contribution in [-0.4, -0.2) is 0 Å². The topological polar surface area (TPSA) is 16.4 Å². The molecular formula is C46H31NO. The Hall–Kier alpha value is -6.38. The molecule has 0 N–H and O–H groups in total. The first-order chi connectivity index (χ1) is 27.1. The van der Waals surface area contributed by atoms with Gasteiger partial charge in [-0.15, -0.1) is 0 Å². The highest BCUT2D eigenvalue weighted by Crippen LogP contribution is 2.40. The third kappa shape index (κ3) is 5.01. The second kappa shape index (κ2) is 11.8. The van der Waals surface area contributed by atoms with Crippen LogP contribution in [-0.2, 0) is 0 Å². The molecular weight excluding hydrogens is 583 g/mol. The average Bonchev–Trinajstić information content (AvgIpc) is 3.60. The summed E-state index contributed by atoms with van der Waals surface area (Å²) in [7, 11) is 0. The zero-order valence-corrected chi connectivity index (χ0v) is 25.6. The lowest BCUT2D eigenvalue weighted by molar-refractivity contribution is 0.669. The second-order valence-corrected chi connectivity index (χ2v) is 11.5. The maximum Gasteiger partial charge on any atom is 0.135 e. The Morgan fingerprint density at radius 3 is 1.79 bits per heavy atom. The van der Waals surface area contributed by atoms with Crippen molar-refractivity contribution in [2.24, 2.45) is 0 Å². The number of hydrogen-bond donors (Lipinski definition) is 0. The Morgan fingerprint density at radius 2 is 0.979 bits per heavy atom. The van der Waals surface area contributed by atoms with E-state index in [-0.39, 0.29) is 46.7 Å². The number of anilines is 3. The van der Waals surface area contributed by atoms with Crippen molar-refractivity contribution in [1.82, 2.24) is 0 Å². The maximum atomic E-state index is 9.49. The van der Waals surface area contributed by atoms with E-state index in [1.807, 2.05) is 84.9 Å². The van der Waals surface area contributed by atoms with Gasteiger partial charge in [-0.05, 0) is 98.7 Å². The number of rotatable bonds is 6. The van der Waals surface area contributed by atoms with E-state index < -0.39 is 24.2 Å². The second-order valence-electron chi connectivity index (χ2n) is 11.5. The molecule has 48 heavy (non-hydrogen) atoms. The van der Waals surface area contributed by atoms with Crippen LogP contribution >= 0.6 is 0 Å². The van der Waals surface area contributed by atoms with E-state index in [0.717, 1.165) is 43.8 Å². The molecule has 0 unspecified atom stereocenters. The molecule has 8 aromatic carbocycles. The van der Waals surface area contributed by atoms with Crippen molar-refractivity contribution in [2.75, 3.05) is 4.90 Å². The molecule has 0 atom stereocenters. The summed E-state index contributed by atoms with van der Waals surface area (Å²) < 4.78 is 80.8. The molecule has 1 heterocycles. The Kier molecular flexibility index (Phi) is 5.07. The van der Waals surface area contributed by atoms with Gasteiger partial charge in [0.1, 0.15) is 11.2 Å². The van der Waals surface area contributed by atoms with E-state index in [9.17, 15) is 8.22 Å². The first-order valence-corrected chi connectivity index (χ1v) is 15.7. The minimum atomic E-state index is -0.394. The molecule has 2 heteroatoms. The highest BCUT2D eigenvalue weighted by Gasteiger charge is 2.16. The van der Waals surface area contributed by atoms with Crippen molar-refractivity contribution in [3.8, 4) is 33.4 Å². The van der Waals surface area contributed by atoms with Gasteiger partial charge in [0.2, 0.25) is 0 Å². The van der Waals surface area contributed by atoms with Crippen LogP contribution in [0.1, 0.15) is 11.0 Å². The van der Waals surface area contributed by atoms with Crippen LogP contribution in [0.3, 0.4) is 0 Å². The van der Waals surface area contributed by atoms with Gasteiger partial charge in [0.25, 0.3) is 0 Å². The molecule has 9 rings (SSSR count). The fourth-order valence-electron chi connectivity index (χ4n) is 6.26. The van der Waals surface area contributed by atoms with Gasteiger partial charge in [-0.1, -0.05) is 133 Å². The number of fused-ring (bicyclic) bond motifs is 4. The predicted molar refractivity (Wildman–Crippen MR) is 202 cm³/mol. The highest BCUT2D eigenvalue weighted by molar-refractivity contribution is 6.06. The van der Waals surface area contributed by atoms with Crippen LogP contribution in [0.15, 0.2) is 192 Å². The van der Waals surface area contributed by atoms with Crippen molar-refractivity contribution in [2.45, 2.75) is 0 Å². The Balaban J connectivity index is 1.31. The SMILES string of the molecule is [2H]c1c([2H])c(N(c2cccc(-c3ccc4oc5ccccc5c4c3)c2)c2c([2H])c([2H])c(-c3cccc4ccccc34)c([2H])c2[2H])c([2H])c([2H])c1-c1ccccc1. The fraction of sp³-hybridized carbons (Fsp3) is 0. The average molecular weight is 622 g/mol. The number of nitrogens with zero attached hydrogens (tertiary/aromatic N) is 1. The number of hydrogen-bond acceptors (Lipinski definition) is 2. The van der Waals surface area contributed by atoms with Crippen LogP contribution in [0.2, 0.25) is 0 Å². The van der Waals surface area contributed by atoms with Crippen molar-refractivity contribution >= 4 is 49.8 Å². The normalized spacial score (nSPS) is 13.7. The number of para-hydroxylation sites is 1. The highest BCUT2D eigenvalue weighted by atomic mass is 16.3. The van der Waals surface area contributed by atoms with Gasteiger partial charge in [-0.3, -0.25) is 0 Å². The molecule has 9 aromatic rings. The third-order valence-corrected chi connectivity index (χ3v) is 8.61. The van der Waals surface area contributed by atoms with E-state index in [0.29, 0.717) is 16.8 Å². The first-order valence-electron chi connectivity index (χ1n) is 19.7. The van der Waals surface area contributed by atoms with Gasteiger partial charge >= 0.3 is 0 Å². The summed E-state index contributed by atoms with van der Waals surface area (Å²) in [5.74, 6) is 0. The van der Waals surface area contributed by atoms with Crippen LogP contribution in [0.4, 0.5) is 17.1 Å². The zero-order valence-electron chi connectivity index (χ0n) is 33.6. The van der Waals surface area contributed by atoms with E-state index >= 15 is 0 Å². The minimum Gasteiger partial charge on any atom is -0.456 e. The largest absolute Gasteiger partial charge is 0.456 e. The monoisotopic (exact) mass is 621 g/mol. The molecule has 0 aliphatic carbocycles. The Labute approximate surface area is 291 Å². The Bertz CT molecular complexity index is 2970. The van der Waals surface area contributed by atoms with Crippen LogP contribution < -0.4 is 4.90 Å². The molecule has 0 aliphatic heterocycles. The molecule has 0 amide bonds. The smallest absolute Gasteiger partial charge is 0.135 e. The summed E-state index contributed by atoms with van der Waals surface area (Å²) in [6.45, 7) is 0. The van der Waals surface area contributed by atoms with Crippen LogP contribution in [0.5, 0.6) is 0 Å². The first kappa shape index (κ1) is 20.7. The van der Waals surface area contributed by atoms with Crippen molar-refractivity contribution in [3.63, 3.8) is 0 Å². The molecule has 226 valence electrons. The van der Waals surface area contributed by atoms with Gasteiger partial charge in [0, 0.05) is 27.8 Å². The summed E-state index contributed by atoms with van der Waals surface area (Å²) in [4.78, 5) is 1.35. The lowest BCUT2D eigenvalue weighted by Crippen LogP contribution is -2.10. The van der Waals surface area contributed by atoms with E-state index in [2.05, 4.69) is 0 Å². The van der Waals surface area contributed by atoms with Gasteiger partial charge in [-0.25, -0.2) is 0 Å². The molecule has 0 spiro atoms. The summed E-state index contributed by atoms with van der Waals surface area (Å²) >= 11 is 0. The predicted octanol–water partition coefficient (Wildman–Crippen LogP) is 13.2. The molecule has 0 bridgehead atoms. The van der Waals surface area contributed by atoms with Crippen LogP contribution in [0.25, 0.3) is 66.1 Å². The molecule has 0 saturated carbocycles. The lowest BCUT2D eigenvalue weighted by Gasteiger charge is -2.26. The summed E-state index contributed by atoms with van der Waals surface area (Å²) in [6.07, 6.45) is 0. The molecule has 0 saturated heterocycles. The molecule has 1 aromatic heterocycles. The summed E-state index contributed by atoms with van der Waals surface area (Å²) in [6, 6.07) is 39.9. The van der Waals surface area contributed by atoms with Gasteiger partial charge in [-0.2, -0.15) is 0 Å². The molecule has 0 radical (unpaired) electrons. The zero-order chi connectivity index (χ0) is 38.8. The third-order valence-electron chi connectivity index (χ3n) is 8.61. The van der Waals surface area contributed by atoms with E-state index in [1.54, 1.807) is 54.6 Å². The summed E-state index contributed by atoms with van der Waals surface area (Å²) in [5.41, 5.74) is 4.26. The van der Waals surface area contributed by atoms with Gasteiger partial charge < -0.3 is 9.32 Å². The lowest BCUT2D eigenvalue weighted by atomic mass is 9.98. The van der Waals surface area contributed by atoms with Crippen molar-refractivity contribution < 1.29 is 15.4 Å². The summed E-state index contributed by atoms with van der Waals surface area (Å²) in [5, 5.41) is 3.53. The quantitative estimate of drug-likeness (QED) is 0.184. The van der Waals surface area contributed by atoms with Crippen molar-refractivity contribution in [3.05, 3.63) is 188 Å². The number of furan rings is 1.